The molecule has 0 saturated carbocycles. The number of carbonyl (C=O) groups is 3. The van der Waals surface area contributed by atoms with E-state index in [0.717, 1.165) is 39.8 Å². The quantitative estimate of drug-likeness (QED) is 0.106. The molecule has 53 heavy (non-hydrogen) atoms. The lowest BCUT2D eigenvalue weighted by Crippen LogP contribution is -2.51. The lowest BCUT2D eigenvalue weighted by molar-refractivity contribution is -0.129. The molecular formula is C43H40N2O7S. The van der Waals surface area contributed by atoms with E-state index in [1.165, 1.54) is 4.90 Å². The number of nitrogens with zero attached hydrogens (tertiary/aromatic N) is 2. The Morgan fingerprint density at radius 2 is 1.23 bits per heavy atom. The van der Waals surface area contributed by atoms with E-state index in [-0.39, 0.29) is 30.4 Å². The van der Waals surface area contributed by atoms with E-state index < -0.39 is 23.0 Å². The van der Waals surface area contributed by atoms with Crippen molar-refractivity contribution in [2.24, 2.45) is 0 Å². The van der Waals surface area contributed by atoms with Gasteiger partial charge in [-0.05, 0) is 72.0 Å². The maximum atomic E-state index is 14.4. The van der Waals surface area contributed by atoms with E-state index in [0.29, 0.717) is 24.5 Å². The van der Waals surface area contributed by atoms with Crippen LogP contribution in [0.25, 0.3) is 0 Å². The van der Waals surface area contributed by atoms with Crippen LogP contribution in [0.2, 0.25) is 0 Å². The number of hydrogen-bond acceptors (Lipinski definition) is 8. The third-order valence-electron chi connectivity index (χ3n) is 9.60. The first-order valence-corrected chi connectivity index (χ1v) is 18.4. The molecule has 2 saturated heterocycles. The van der Waals surface area contributed by atoms with Gasteiger partial charge in [-0.15, -0.1) is 0 Å². The van der Waals surface area contributed by atoms with Crippen LogP contribution in [0.4, 0.5) is 9.59 Å². The molecular weight excluding hydrogens is 689 g/mol. The lowest BCUT2D eigenvalue weighted by Gasteiger charge is -2.42. The van der Waals surface area contributed by atoms with Gasteiger partial charge in [0, 0.05) is 0 Å². The molecule has 9 nitrogen and oxygen atoms in total. The van der Waals surface area contributed by atoms with Crippen LogP contribution in [0.1, 0.15) is 29.2 Å². The minimum Gasteiger partial charge on any atom is -0.497 e. The zero-order valence-corrected chi connectivity index (χ0v) is 30.3. The summed E-state index contributed by atoms with van der Waals surface area (Å²) in [6, 6.07) is 43.8. The van der Waals surface area contributed by atoms with Gasteiger partial charge in [-0.3, -0.25) is 19.4 Å². The molecule has 2 fully saturated rings. The number of methoxy groups -OCH3 is 1. The van der Waals surface area contributed by atoms with E-state index in [1.807, 2.05) is 146 Å². The summed E-state index contributed by atoms with van der Waals surface area (Å²) in [5.74, 6) is 1.79. The second-order valence-electron chi connectivity index (χ2n) is 13.0. The standard InChI is InChI=1S/C43H40N2O7S/c1-30(44-27-38(52-41(44)47)29-51-37-24-22-35(49-2)23-25-37)28-50-36-20-18-31(19-21-36)26-39-40(46)45(42(48)53-39)43(32-12-6-3-7-13-32,33-14-8-4-9-15-33)34-16-10-5-11-17-34/h3-25,30,38-39H,26-29H2,1-2H3. The van der Waals surface area contributed by atoms with Crippen LogP contribution in [0, 0.1) is 0 Å². The average molecular weight is 729 g/mol. The number of amides is 3. The third kappa shape index (κ3) is 7.45. The summed E-state index contributed by atoms with van der Waals surface area (Å²) in [7, 11) is 1.61. The fourth-order valence-corrected chi connectivity index (χ4v) is 7.96. The molecule has 3 atom stereocenters. The number of rotatable bonds is 14. The van der Waals surface area contributed by atoms with Crippen molar-refractivity contribution in [1.29, 1.82) is 0 Å². The first-order chi connectivity index (χ1) is 25.9. The van der Waals surface area contributed by atoms with Crippen LogP contribution in [-0.4, -0.2) is 71.3 Å². The van der Waals surface area contributed by atoms with Crippen LogP contribution in [0.3, 0.4) is 0 Å². The molecule has 0 bridgehead atoms. The number of hydrogen-bond donors (Lipinski definition) is 0. The maximum Gasteiger partial charge on any atom is 0.410 e. The van der Waals surface area contributed by atoms with Gasteiger partial charge < -0.3 is 18.9 Å². The second-order valence-corrected chi connectivity index (χ2v) is 14.2. The van der Waals surface area contributed by atoms with Crippen LogP contribution >= 0.6 is 11.8 Å². The molecule has 2 heterocycles. The van der Waals surface area contributed by atoms with E-state index in [1.54, 1.807) is 12.0 Å². The van der Waals surface area contributed by atoms with Crippen molar-refractivity contribution in [3.05, 3.63) is 162 Å². The van der Waals surface area contributed by atoms with Gasteiger partial charge in [-0.1, -0.05) is 115 Å². The number of thioether (sulfide) groups is 1. The Hall–Kier alpha value is -5.74. The Balaban J connectivity index is 0.999. The third-order valence-corrected chi connectivity index (χ3v) is 10.6. The normalized spacial score (nSPS) is 17.8. The SMILES string of the molecule is COc1ccc(OCC2CN(C(C)COc3ccc(CC4SC(=O)N(C(c5ccccc5)(c5ccccc5)c5ccccc5)C4=O)cc3)C(=O)O2)cc1. The van der Waals surface area contributed by atoms with Crippen molar-refractivity contribution in [1.82, 2.24) is 9.80 Å². The summed E-state index contributed by atoms with van der Waals surface area (Å²) < 4.78 is 22.6. The van der Waals surface area contributed by atoms with Crippen molar-refractivity contribution < 1.29 is 33.3 Å². The van der Waals surface area contributed by atoms with Gasteiger partial charge in [-0.25, -0.2) is 4.79 Å². The van der Waals surface area contributed by atoms with Crippen molar-refractivity contribution >= 4 is 29.0 Å². The van der Waals surface area contributed by atoms with Crippen LogP contribution in [0.15, 0.2) is 140 Å². The molecule has 5 aromatic rings. The summed E-state index contributed by atoms with van der Waals surface area (Å²) in [5.41, 5.74) is 2.24. The van der Waals surface area contributed by atoms with Crippen LogP contribution < -0.4 is 14.2 Å². The second kappa shape index (κ2) is 15.9. The van der Waals surface area contributed by atoms with E-state index >= 15 is 0 Å². The predicted octanol–water partition coefficient (Wildman–Crippen LogP) is 7.96. The molecule has 2 aliphatic heterocycles. The lowest BCUT2D eigenvalue weighted by atomic mass is 9.75. The number of benzene rings is 5. The topological polar surface area (TPSA) is 94.6 Å². The monoisotopic (exact) mass is 728 g/mol. The van der Waals surface area contributed by atoms with Gasteiger partial charge in [0.25, 0.3) is 5.24 Å². The van der Waals surface area contributed by atoms with E-state index in [9.17, 15) is 14.4 Å². The van der Waals surface area contributed by atoms with Gasteiger partial charge in [0.05, 0.1) is 24.9 Å². The minimum absolute atomic E-state index is 0.237. The van der Waals surface area contributed by atoms with Crippen molar-refractivity contribution in [2.75, 3.05) is 26.9 Å². The molecule has 3 unspecified atom stereocenters. The predicted molar refractivity (Wildman–Crippen MR) is 203 cm³/mol. The molecule has 5 aromatic carbocycles. The molecule has 270 valence electrons. The highest BCUT2D eigenvalue weighted by Crippen LogP contribution is 2.48. The van der Waals surface area contributed by atoms with Gasteiger partial charge >= 0.3 is 6.09 Å². The van der Waals surface area contributed by atoms with Crippen LogP contribution in [-0.2, 0) is 21.5 Å². The van der Waals surface area contributed by atoms with Gasteiger partial charge in [-0.2, -0.15) is 0 Å². The Bertz CT molecular complexity index is 1920. The molecule has 0 aromatic heterocycles. The van der Waals surface area contributed by atoms with Crippen molar-refractivity contribution in [2.45, 2.75) is 36.3 Å². The molecule has 0 aliphatic carbocycles. The highest BCUT2D eigenvalue weighted by molar-refractivity contribution is 8.15. The molecule has 3 amide bonds. The molecule has 0 N–H and O–H groups in total. The summed E-state index contributed by atoms with van der Waals surface area (Å²) in [6.45, 7) is 2.80. The van der Waals surface area contributed by atoms with E-state index in [4.69, 9.17) is 18.9 Å². The minimum atomic E-state index is -1.15. The maximum absolute atomic E-state index is 14.4. The fraction of sp³-hybridized carbons (Fsp3) is 0.233. The van der Waals surface area contributed by atoms with Gasteiger partial charge in [0.2, 0.25) is 5.91 Å². The zero-order chi connectivity index (χ0) is 36.8. The Morgan fingerprint density at radius 1 is 0.717 bits per heavy atom. The average Bonchev–Trinajstić information content (AvgIpc) is 3.72. The van der Waals surface area contributed by atoms with Crippen LogP contribution in [0.5, 0.6) is 17.2 Å². The zero-order valence-electron chi connectivity index (χ0n) is 29.5. The first-order valence-electron chi connectivity index (χ1n) is 17.5. The number of cyclic esters (lactones) is 1. The summed E-state index contributed by atoms with van der Waals surface area (Å²) in [6.07, 6.45) is -0.433. The fourth-order valence-electron chi connectivity index (χ4n) is 6.91. The largest absolute Gasteiger partial charge is 0.497 e. The van der Waals surface area contributed by atoms with Crippen molar-refractivity contribution in [3.63, 3.8) is 0 Å². The molecule has 7 rings (SSSR count). The Morgan fingerprint density at radius 3 is 1.77 bits per heavy atom. The molecule has 10 heteroatoms. The smallest absolute Gasteiger partial charge is 0.410 e. The Labute approximate surface area is 313 Å². The highest BCUT2D eigenvalue weighted by Gasteiger charge is 2.54. The molecule has 0 spiro atoms. The van der Waals surface area contributed by atoms with Gasteiger partial charge in [0.15, 0.2) is 6.10 Å². The number of carbonyl (C=O) groups excluding carboxylic acids is 3. The number of ether oxygens (including phenoxy) is 4. The molecule has 0 radical (unpaired) electrons. The summed E-state index contributed by atoms with van der Waals surface area (Å²) in [5, 5.41) is -0.895. The van der Waals surface area contributed by atoms with Crippen molar-refractivity contribution in [3.8, 4) is 17.2 Å². The highest BCUT2D eigenvalue weighted by atomic mass is 32.2. The molecule has 2 aliphatic rings. The van der Waals surface area contributed by atoms with Gasteiger partial charge in [0.1, 0.15) is 36.0 Å². The van der Waals surface area contributed by atoms with E-state index in [2.05, 4.69) is 0 Å². The summed E-state index contributed by atoms with van der Waals surface area (Å²) in [4.78, 5) is 44.2. The Kier molecular flexibility index (Phi) is 10.7. The summed E-state index contributed by atoms with van der Waals surface area (Å²) >= 11 is 1.07. The first kappa shape index (κ1) is 35.7. The number of imide groups is 1.